The number of aliphatic hydroxyl groups is 2. The molecule has 0 radical (unpaired) electrons. The van der Waals surface area contributed by atoms with Crippen molar-refractivity contribution >= 4 is 0 Å². The smallest absolute Gasteiger partial charge is 0.0762 e. The third-order valence-corrected chi connectivity index (χ3v) is 10.1. The number of aliphatic hydroxyl groups excluding tert-OH is 2. The van der Waals surface area contributed by atoms with Crippen molar-refractivity contribution in [2.75, 3.05) is 0 Å². The zero-order valence-electron chi connectivity index (χ0n) is 19.7. The molecule has 4 aliphatic carbocycles. The van der Waals surface area contributed by atoms with Gasteiger partial charge in [0, 0.05) is 0 Å². The van der Waals surface area contributed by atoms with Gasteiger partial charge in [-0.15, -0.1) is 0 Å². The van der Waals surface area contributed by atoms with Crippen LogP contribution in [0, 0.1) is 40.4 Å². The summed E-state index contributed by atoms with van der Waals surface area (Å²) in [5, 5.41) is 22.6. The molecule has 0 bridgehead atoms. The van der Waals surface area contributed by atoms with Crippen molar-refractivity contribution in [3.05, 3.63) is 11.1 Å². The van der Waals surface area contributed by atoms with Crippen LogP contribution in [0.1, 0.15) is 105 Å². The van der Waals surface area contributed by atoms with Crippen LogP contribution >= 0.6 is 0 Å². The Labute approximate surface area is 179 Å². The first-order valence-corrected chi connectivity index (χ1v) is 12.8. The largest absolute Gasteiger partial charge is 0.389 e. The lowest BCUT2D eigenvalue weighted by atomic mass is 9.48. The molecule has 0 heterocycles. The Morgan fingerprint density at radius 1 is 0.931 bits per heavy atom. The average molecular weight is 403 g/mol. The van der Waals surface area contributed by atoms with Crippen LogP contribution < -0.4 is 0 Å². The number of hydrogen-bond donors (Lipinski definition) is 2. The number of rotatable bonds is 5. The highest BCUT2D eigenvalue weighted by molar-refractivity contribution is 5.39. The molecule has 166 valence electrons. The topological polar surface area (TPSA) is 40.5 Å². The minimum atomic E-state index is -0.325. The van der Waals surface area contributed by atoms with E-state index in [4.69, 9.17) is 0 Å². The van der Waals surface area contributed by atoms with Crippen molar-refractivity contribution in [3.8, 4) is 0 Å². The van der Waals surface area contributed by atoms with Gasteiger partial charge in [-0.3, -0.25) is 0 Å². The fourth-order valence-electron chi connectivity index (χ4n) is 8.51. The molecule has 29 heavy (non-hydrogen) atoms. The van der Waals surface area contributed by atoms with E-state index in [0.717, 1.165) is 18.8 Å². The lowest BCUT2D eigenvalue weighted by Gasteiger charge is -2.57. The number of hydrogen-bond acceptors (Lipinski definition) is 2. The molecular formula is C27H46O2. The molecule has 2 N–H and O–H groups in total. The highest BCUT2D eigenvalue weighted by Crippen LogP contribution is 2.65. The highest BCUT2D eigenvalue weighted by atomic mass is 16.3. The first-order chi connectivity index (χ1) is 13.7. The van der Waals surface area contributed by atoms with Gasteiger partial charge in [0.25, 0.3) is 0 Å². The lowest BCUT2D eigenvalue weighted by molar-refractivity contribution is -0.0343. The maximum absolute atomic E-state index is 11.3. The van der Waals surface area contributed by atoms with Crippen LogP contribution in [0.3, 0.4) is 0 Å². The third kappa shape index (κ3) is 3.55. The summed E-state index contributed by atoms with van der Waals surface area (Å²) in [5.41, 5.74) is 3.05. The van der Waals surface area contributed by atoms with Gasteiger partial charge in [0.1, 0.15) is 0 Å². The maximum Gasteiger partial charge on any atom is 0.0762 e. The summed E-state index contributed by atoms with van der Waals surface area (Å²) in [6.45, 7) is 12.0. The fourth-order valence-corrected chi connectivity index (χ4v) is 8.51. The summed E-state index contributed by atoms with van der Waals surface area (Å²) >= 11 is 0. The molecule has 0 saturated heterocycles. The van der Waals surface area contributed by atoms with E-state index in [9.17, 15) is 10.2 Å². The Hall–Kier alpha value is -0.340. The average Bonchev–Trinajstić information content (AvgIpc) is 2.93. The number of fused-ring (bicyclic) bond motifs is 4. The standard InChI is InChI=1S/C27H46O2/c1-17(2)9-8-10-18(3)21-16-23(29)25-24-20(12-14-27(21,25)5)26(4)13-7-6-11-19(26)15-22(24)28/h17-23,28-29H,6-16H2,1-5H3. The molecule has 3 saturated carbocycles. The van der Waals surface area contributed by atoms with Gasteiger partial charge >= 0.3 is 0 Å². The molecule has 4 rings (SSSR count). The molecule has 0 aromatic carbocycles. The quantitative estimate of drug-likeness (QED) is 0.515. The summed E-state index contributed by atoms with van der Waals surface area (Å²) in [7, 11) is 0. The summed E-state index contributed by atoms with van der Waals surface area (Å²) in [6.07, 6.45) is 12.8. The fraction of sp³-hybridized carbons (Fsp3) is 0.926. The summed E-state index contributed by atoms with van der Waals surface area (Å²) < 4.78 is 0. The van der Waals surface area contributed by atoms with Gasteiger partial charge in [-0.05, 0) is 90.1 Å². The second-order valence-corrected chi connectivity index (χ2v) is 12.2. The van der Waals surface area contributed by atoms with Gasteiger partial charge in [0.15, 0.2) is 0 Å². The van der Waals surface area contributed by atoms with Crippen LogP contribution in [-0.4, -0.2) is 22.4 Å². The van der Waals surface area contributed by atoms with Crippen LogP contribution in [-0.2, 0) is 0 Å². The summed E-state index contributed by atoms with van der Waals surface area (Å²) in [5.74, 6) is 3.18. The van der Waals surface area contributed by atoms with Crippen LogP contribution in [0.15, 0.2) is 11.1 Å². The molecule has 2 nitrogen and oxygen atoms in total. The minimum absolute atomic E-state index is 0.0986. The van der Waals surface area contributed by atoms with E-state index in [-0.39, 0.29) is 17.6 Å². The molecule has 0 amide bonds. The zero-order chi connectivity index (χ0) is 21.0. The Morgan fingerprint density at radius 3 is 2.41 bits per heavy atom. The molecular weight excluding hydrogens is 356 g/mol. The van der Waals surface area contributed by atoms with Crippen LogP contribution in [0.5, 0.6) is 0 Å². The van der Waals surface area contributed by atoms with E-state index in [1.165, 1.54) is 68.9 Å². The van der Waals surface area contributed by atoms with E-state index in [2.05, 4.69) is 34.6 Å². The van der Waals surface area contributed by atoms with Crippen LogP contribution in [0.4, 0.5) is 0 Å². The Bertz CT molecular complexity index is 636. The van der Waals surface area contributed by atoms with Gasteiger partial charge < -0.3 is 10.2 Å². The molecule has 8 unspecified atom stereocenters. The molecule has 0 aromatic heterocycles. The van der Waals surface area contributed by atoms with Gasteiger partial charge in [-0.25, -0.2) is 0 Å². The normalized spacial score (nSPS) is 45.7. The second-order valence-electron chi connectivity index (χ2n) is 12.2. The molecule has 8 atom stereocenters. The molecule has 2 heteroatoms. The van der Waals surface area contributed by atoms with Crippen LogP contribution in [0.2, 0.25) is 0 Å². The van der Waals surface area contributed by atoms with Crippen molar-refractivity contribution < 1.29 is 10.2 Å². The van der Waals surface area contributed by atoms with E-state index >= 15 is 0 Å². The van der Waals surface area contributed by atoms with Gasteiger partial charge in [0.05, 0.1) is 12.2 Å². The zero-order valence-corrected chi connectivity index (χ0v) is 19.7. The van der Waals surface area contributed by atoms with Crippen molar-refractivity contribution in [2.24, 2.45) is 40.4 Å². The SMILES string of the molecule is CC(C)CCCC(C)C1CC(O)C2=C3C(O)CC4CCCCC4(C)C3CCC21C. The highest BCUT2D eigenvalue weighted by Gasteiger charge is 2.59. The van der Waals surface area contributed by atoms with E-state index < -0.39 is 0 Å². The van der Waals surface area contributed by atoms with E-state index in [1.54, 1.807) is 0 Å². The molecule has 0 spiro atoms. The molecule has 3 fully saturated rings. The third-order valence-electron chi connectivity index (χ3n) is 10.1. The predicted molar refractivity (Wildman–Crippen MR) is 121 cm³/mol. The van der Waals surface area contributed by atoms with Crippen molar-refractivity contribution in [3.63, 3.8) is 0 Å². The van der Waals surface area contributed by atoms with Gasteiger partial charge in [-0.1, -0.05) is 66.7 Å². The monoisotopic (exact) mass is 402 g/mol. The van der Waals surface area contributed by atoms with Crippen molar-refractivity contribution in [1.82, 2.24) is 0 Å². The van der Waals surface area contributed by atoms with Crippen molar-refractivity contribution in [2.45, 2.75) is 117 Å². The van der Waals surface area contributed by atoms with Gasteiger partial charge in [0.2, 0.25) is 0 Å². The van der Waals surface area contributed by atoms with Gasteiger partial charge in [-0.2, -0.15) is 0 Å². The first kappa shape index (κ1) is 21.9. The second kappa shape index (κ2) is 7.97. The van der Waals surface area contributed by atoms with Crippen LogP contribution in [0.25, 0.3) is 0 Å². The first-order valence-electron chi connectivity index (χ1n) is 12.8. The predicted octanol–water partition coefficient (Wildman–Crippen LogP) is 6.50. The Morgan fingerprint density at radius 2 is 1.69 bits per heavy atom. The van der Waals surface area contributed by atoms with Crippen molar-refractivity contribution in [1.29, 1.82) is 0 Å². The minimum Gasteiger partial charge on any atom is -0.389 e. The van der Waals surface area contributed by atoms with E-state index in [1.807, 2.05) is 0 Å². The molecule has 0 aromatic rings. The molecule has 0 aliphatic heterocycles. The Kier molecular flexibility index (Phi) is 6.01. The molecule has 4 aliphatic rings. The lowest BCUT2D eigenvalue weighted by Crippen LogP contribution is -2.51. The van der Waals surface area contributed by atoms with E-state index in [0.29, 0.717) is 29.1 Å². The Balaban J connectivity index is 1.64. The summed E-state index contributed by atoms with van der Waals surface area (Å²) in [4.78, 5) is 0. The summed E-state index contributed by atoms with van der Waals surface area (Å²) in [6, 6.07) is 0. The maximum atomic E-state index is 11.3.